The minimum absolute atomic E-state index is 0.0127. The zero-order valence-corrected chi connectivity index (χ0v) is 21.2. The van der Waals surface area contributed by atoms with Crippen LogP contribution in [0.1, 0.15) is 26.7 Å². The van der Waals surface area contributed by atoms with Gasteiger partial charge in [-0.15, -0.1) is 0 Å². The third-order valence-corrected chi connectivity index (χ3v) is 5.52. The van der Waals surface area contributed by atoms with E-state index in [-0.39, 0.29) is 16.7 Å². The molecule has 36 heavy (non-hydrogen) atoms. The minimum Gasteiger partial charge on any atom is -0.492 e. The lowest BCUT2D eigenvalue weighted by atomic mass is 10.1. The first-order valence-corrected chi connectivity index (χ1v) is 11.9. The van der Waals surface area contributed by atoms with Crippen molar-refractivity contribution in [2.75, 3.05) is 37.4 Å². The predicted molar refractivity (Wildman–Crippen MR) is 141 cm³/mol. The summed E-state index contributed by atoms with van der Waals surface area (Å²) in [6, 6.07) is 7.73. The van der Waals surface area contributed by atoms with Crippen molar-refractivity contribution in [3.05, 3.63) is 59.7 Å². The van der Waals surface area contributed by atoms with Crippen molar-refractivity contribution in [1.82, 2.24) is 14.9 Å². The average molecular weight is 514 g/mol. The number of nitrogens with zero attached hydrogens (tertiary/aromatic N) is 3. The van der Waals surface area contributed by atoms with Crippen LogP contribution in [0.5, 0.6) is 5.75 Å². The van der Waals surface area contributed by atoms with Gasteiger partial charge in [-0.1, -0.05) is 17.7 Å². The Kier molecular flexibility index (Phi) is 9.72. The van der Waals surface area contributed by atoms with Gasteiger partial charge in [0.2, 0.25) is 5.91 Å². The molecular weight excluding hydrogens is 485 g/mol. The molecule has 2 N–H and O–H groups in total. The highest BCUT2D eigenvalue weighted by molar-refractivity contribution is 6.31. The van der Waals surface area contributed by atoms with E-state index < -0.39 is 5.82 Å². The smallest absolute Gasteiger partial charge is 0.248 e. The number of ether oxygens (including phenoxy) is 1. The number of hydrogen-bond acceptors (Lipinski definition) is 7. The molecule has 0 fully saturated rings. The maximum Gasteiger partial charge on any atom is 0.248 e. The van der Waals surface area contributed by atoms with Crippen LogP contribution >= 0.6 is 11.6 Å². The molecule has 3 rings (SSSR count). The number of halogens is 2. The van der Waals surface area contributed by atoms with Gasteiger partial charge >= 0.3 is 0 Å². The topological polar surface area (TPSA) is 96.5 Å². The standard InChI is InChI=1S/C26H29ClFN5O3/c1-4-36-24-15-22-19(26(30-16-29-22)31-18-9-10-21(28)20(27)13-18)14-23(24)32-25(35)8-6-12-33(3)11-5-7-17(2)34/h6,8-10,13-16H,4-5,7,11-12H2,1-3H3,(H,32,35)(H,29,30,31)/b8-6+. The Labute approximate surface area is 214 Å². The molecule has 1 heterocycles. The van der Waals surface area contributed by atoms with Crippen LogP contribution in [0.3, 0.4) is 0 Å². The number of likely N-dealkylation sites (N-methyl/N-ethyl adjacent to an activating group) is 1. The van der Waals surface area contributed by atoms with Crippen LogP contribution in [-0.2, 0) is 9.59 Å². The number of fused-ring (bicyclic) bond motifs is 1. The van der Waals surface area contributed by atoms with E-state index in [2.05, 4.69) is 20.6 Å². The highest BCUT2D eigenvalue weighted by atomic mass is 35.5. The number of carbonyl (C=O) groups is 2. The summed E-state index contributed by atoms with van der Waals surface area (Å²) in [4.78, 5) is 34.3. The molecule has 0 unspecified atom stereocenters. The molecule has 3 aromatic rings. The number of ketones is 1. The van der Waals surface area contributed by atoms with Crippen molar-refractivity contribution in [3.63, 3.8) is 0 Å². The van der Waals surface area contributed by atoms with Crippen molar-refractivity contribution >= 4 is 51.4 Å². The van der Waals surface area contributed by atoms with Crippen LogP contribution in [0.25, 0.3) is 10.9 Å². The number of benzene rings is 2. The second-order valence-electron chi connectivity index (χ2n) is 8.23. The van der Waals surface area contributed by atoms with E-state index in [0.29, 0.717) is 53.4 Å². The van der Waals surface area contributed by atoms with Crippen LogP contribution in [0.4, 0.5) is 21.6 Å². The molecule has 0 aliphatic heterocycles. The predicted octanol–water partition coefficient (Wildman–Crippen LogP) is 5.36. The van der Waals surface area contributed by atoms with Gasteiger partial charge in [-0.05, 0) is 58.1 Å². The molecule has 0 radical (unpaired) electrons. The van der Waals surface area contributed by atoms with E-state index in [1.54, 1.807) is 31.2 Å². The van der Waals surface area contributed by atoms with E-state index >= 15 is 0 Å². The average Bonchev–Trinajstić information content (AvgIpc) is 2.82. The first-order chi connectivity index (χ1) is 17.3. The van der Waals surface area contributed by atoms with Gasteiger partial charge < -0.3 is 25.1 Å². The van der Waals surface area contributed by atoms with Gasteiger partial charge in [-0.25, -0.2) is 14.4 Å². The van der Waals surface area contributed by atoms with E-state index in [9.17, 15) is 14.0 Å². The van der Waals surface area contributed by atoms with E-state index in [0.717, 1.165) is 13.0 Å². The zero-order valence-electron chi connectivity index (χ0n) is 20.5. The molecule has 0 atom stereocenters. The molecule has 0 spiro atoms. The number of nitrogens with one attached hydrogen (secondary N) is 2. The van der Waals surface area contributed by atoms with Gasteiger partial charge in [0.1, 0.15) is 29.5 Å². The molecule has 0 aliphatic rings. The fraction of sp³-hybridized carbons (Fsp3) is 0.308. The van der Waals surface area contributed by atoms with Crippen LogP contribution in [-0.4, -0.2) is 53.3 Å². The fourth-order valence-corrected chi connectivity index (χ4v) is 3.65. The minimum atomic E-state index is -0.517. The second kappa shape index (κ2) is 12.9. The summed E-state index contributed by atoms with van der Waals surface area (Å²) in [7, 11) is 1.93. The van der Waals surface area contributed by atoms with E-state index in [1.165, 1.54) is 24.5 Å². The molecule has 2 aromatic carbocycles. The maximum atomic E-state index is 13.5. The Morgan fingerprint density at radius 1 is 1.22 bits per heavy atom. The first-order valence-electron chi connectivity index (χ1n) is 11.6. The highest BCUT2D eigenvalue weighted by Gasteiger charge is 2.13. The summed E-state index contributed by atoms with van der Waals surface area (Å²) in [5.41, 5.74) is 1.62. The van der Waals surface area contributed by atoms with Crippen molar-refractivity contribution < 1.29 is 18.7 Å². The number of hydrogen-bond donors (Lipinski definition) is 2. The number of aromatic nitrogens is 2. The Morgan fingerprint density at radius 3 is 2.75 bits per heavy atom. The number of rotatable bonds is 12. The Bertz CT molecular complexity index is 1270. The molecule has 10 heteroatoms. The van der Waals surface area contributed by atoms with Crippen molar-refractivity contribution in [2.24, 2.45) is 0 Å². The van der Waals surface area contributed by atoms with E-state index in [4.69, 9.17) is 16.3 Å². The van der Waals surface area contributed by atoms with Gasteiger partial charge in [0.15, 0.2) is 0 Å². The van der Waals surface area contributed by atoms with Crippen LogP contribution in [0.15, 0.2) is 48.8 Å². The highest BCUT2D eigenvalue weighted by Crippen LogP contribution is 2.33. The summed E-state index contributed by atoms with van der Waals surface area (Å²) in [6.45, 7) is 5.17. The SMILES string of the molecule is CCOc1cc2ncnc(Nc3ccc(F)c(Cl)c3)c2cc1NC(=O)/C=C/CN(C)CCCC(C)=O. The zero-order chi connectivity index (χ0) is 26.1. The van der Waals surface area contributed by atoms with Gasteiger partial charge in [0.05, 0.1) is 22.8 Å². The van der Waals surface area contributed by atoms with Gasteiger partial charge in [-0.3, -0.25) is 4.79 Å². The summed E-state index contributed by atoms with van der Waals surface area (Å²) < 4.78 is 19.3. The maximum absolute atomic E-state index is 13.5. The Hall–Kier alpha value is -3.56. The normalized spacial score (nSPS) is 11.3. The molecule has 1 aromatic heterocycles. The van der Waals surface area contributed by atoms with Crippen LogP contribution in [0.2, 0.25) is 5.02 Å². The first kappa shape index (κ1) is 27.0. The molecule has 0 bridgehead atoms. The molecular formula is C26H29ClFN5O3. The molecule has 0 aliphatic carbocycles. The van der Waals surface area contributed by atoms with Crippen LogP contribution < -0.4 is 15.4 Å². The van der Waals surface area contributed by atoms with Gasteiger partial charge in [-0.2, -0.15) is 0 Å². The molecule has 1 amide bonds. The third-order valence-electron chi connectivity index (χ3n) is 5.23. The fourth-order valence-electron chi connectivity index (χ4n) is 3.47. The van der Waals surface area contributed by atoms with Crippen molar-refractivity contribution in [1.29, 1.82) is 0 Å². The number of carbonyl (C=O) groups excluding carboxylic acids is 2. The molecule has 190 valence electrons. The summed E-state index contributed by atoms with van der Waals surface area (Å²) in [5.74, 6) is 0.274. The lowest BCUT2D eigenvalue weighted by Crippen LogP contribution is -2.20. The van der Waals surface area contributed by atoms with Crippen molar-refractivity contribution in [3.8, 4) is 5.75 Å². The van der Waals surface area contributed by atoms with Crippen LogP contribution in [0, 0.1) is 5.82 Å². The molecule has 8 nitrogen and oxygen atoms in total. The number of amides is 1. The van der Waals surface area contributed by atoms with E-state index in [1.807, 2.05) is 18.9 Å². The summed E-state index contributed by atoms with van der Waals surface area (Å²) in [5, 5.41) is 6.60. The number of anilines is 3. The van der Waals surface area contributed by atoms with Gasteiger partial charge in [0.25, 0.3) is 0 Å². The summed E-state index contributed by atoms with van der Waals surface area (Å²) in [6.07, 6.45) is 5.95. The van der Waals surface area contributed by atoms with Crippen molar-refractivity contribution in [2.45, 2.75) is 26.7 Å². The lowest BCUT2D eigenvalue weighted by molar-refractivity contribution is -0.117. The summed E-state index contributed by atoms with van der Waals surface area (Å²) >= 11 is 5.90. The monoisotopic (exact) mass is 513 g/mol. The third kappa shape index (κ3) is 7.73. The quantitative estimate of drug-likeness (QED) is 0.315. The lowest BCUT2D eigenvalue weighted by Gasteiger charge is -2.15. The van der Waals surface area contributed by atoms with Gasteiger partial charge in [0, 0.05) is 36.2 Å². The largest absolute Gasteiger partial charge is 0.492 e. The number of Topliss-reactive ketones (excluding diaryl/α,β-unsaturated/α-hetero) is 1. The molecule has 0 saturated carbocycles. The Morgan fingerprint density at radius 2 is 2.03 bits per heavy atom. The second-order valence-corrected chi connectivity index (χ2v) is 8.64. The molecule has 0 saturated heterocycles. The Balaban J connectivity index is 1.78.